The van der Waals surface area contributed by atoms with Gasteiger partial charge in [0.15, 0.2) is 0 Å². The highest BCUT2D eigenvalue weighted by Gasteiger charge is 2.08. The SMILES string of the molecule is COc1ccc(Nc2ccccc2C(=O)O)cn1. The summed E-state index contributed by atoms with van der Waals surface area (Å²) >= 11 is 0. The van der Waals surface area contributed by atoms with E-state index in [0.29, 0.717) is 17.3 Å². The topological polar surface area (TPSA) is 71.5 Å². The number of anilines is 2. The molecule has 2 aromatic rings. The third-order valence-corrected chi connectivity index (χ3v) is 2.38. The molecule has 1 aromatic heterocycles. The summed E-state index contributed by atoms with van der Waals surface area (Å²) in [6.07, 6.45) is 1.58. The van der Waals surface area contributed by atoms with E-state index in [4.69, 9.17) is 9.84 Å². The highest BCUT2D eigenvalue weighted by atomic mass is 16.5. The second-order valence-corrected chi connectivity index (χ2v) is 3.56. The molecule has 0 radical (unpaired) electrons. The average Bonchev–Trinajstić information content (AvgIpc) is 2.40. The Morgan fingerprint density at radius 2 is 2.06 bits per heavy atom. The Morgan fingerprint density at radius 3 is 2.67 bits per heavy atom. The summed E-state index contributed by atoms with van der Waals surface area (Å²) in [5.74, 6) is -0.466. The lowest BCUT2D eigenvalue weighted by molar-refractivity contribution is 0.0698. The summed E-state index contributed by atoms with van der Waals surface area (Å²) in [5, 5.41) is 12.1. The molecule has 0 saturated carbocycles. The normalized spacial score (nSPS) is 9.83. The van der Waals surface area contributed by atoms with Crippen molar-refractivity contribution in [1.82, 2.24) is 4.98 Å². The number of pyridine rings is 1. The zero-order valence-corrected chi connectivity index (χ0v) is 9.75. The zero-order chi connectivity index (χ0) is 13.0. The summed E-state index contributed by atoms with van der Waals surface area (Å²) in [6.45, 7) is 0. The van der Waals surface area contributed by atoms with Gasteiger partial charge in [0, 0.05) is 6.07 Å². The van der Waals surface area contributed by atoms with Crippen molar-refractivity contribution in [3.05, 3.63) is 48.2 Å². The summed E-state index contributed by atoms with van der Waals surface area (Å²) in [4.78, 5) is 15.1. The van der Waals surface area contributed by atoms with E-state index in [-0.39, 0.29) is 5.56 Å². The molecule has 5 nitrogen and oxygen atoms in total. The zero-order valence-electron chi connectivity index (χ0n) is 9.75. The minimum atomic E-state index is -0.973. The number of benzene rings is 1. The molecule has 0 amide bonds. The molecule has 2 N–H and O–H groups in total. The molecule has 0 bridgehead atoms. The molecular formula is C13H12N2O3. The number of methoxy groups -OCH3 is 1. The first-order valence-electron chi connectivity index (χ1n) is 5.30. The number of nitrogens with zero attached hydrogens (tertiary/aromatic N) is 1. The number of aromatic nitrogens is 1. The molecule has 0 saturated heterocycles. The number of aromatic carboxylic acids is 1. The van der Waals surface area contributed by atoms with Crippen LogP contribution in [0, 0.1) is 0 Å². The fourth-order valence-corrected chi connectivity index (χ4v) is 1.51. The molecule has 18 heavy (non-hydrogen) atoms. The van der Waals surface area contributed by atoms with Gasteiger partial charge in [0.2, 0.25) is 5.88 Å². The lowest BCUT2D eigenvalue weighted by atomic mass is 10.2. The van der Waals surface area contributed by atoms with Crippen molar-refractivity contribution in [1.29, 1.82) is 0 Å². The van der Waals surface area contributed by atoms with Crippen LogP contribution < -0.4 is 10.1 Å². The Labute approximate surface area is 104 Å². The first-order valence-corrected chi connectivity index (χ1v) is 5.30. The van der Waals surface area contributed by atoms with E-state index in [1.807, 2.05) is 0 Å². The Hall–Kier alpha value is -2.56. The average molecular weight is 244 g/mol. The van der Waals surface area contributed by atoms with E-state index in [1.165, 1.54) is 7.11 Å². The number of hydrogen-bond donors (Lipinski definition) is 2. The maximum Gasteiger partial charge on any atom is 0.337 e. The van der Waals surface area contributed by atoms with Crippen LogP contribution in [0.25, 0.3) is 0 Å². The third-order valence-electron chi connectivity index (χ3n) is 2.38. The van der Waals surface area contributed by atoms with Gasteiger partial charge in [-0.2, -0.15) is 0 Å². The van der Waals surface area contributed by atoms with Gasteiger partial charge in [0.05, 0.1) is 30.2 Å². The predicted molar refractivity (Wildman–Crippen MR) is 67.5 cm³/mol. The van der Waals surface area contributed by atoms with E-state index in [2.05, 4.69) is 10.3 Å². The second kappa shape index (κ2) is 5.18. The van der Waals surface area contributed by atoms with Gasteiger partial charge in [-0.25, -0.2) is 9.78 Å². The Kier molecular flexibility index (Phi) is 3.43. The monoisotopic (exact) mass is 244 g/mol. The van der Waals surface area contributed by atoms with E-state index in [9.17, 15) is 4.79 Å². The number of carbonyl (C=O) groups is 1. The standard InChI is InChI=1S/C13H12N2O3/c1-18-12-7-6-9(8-14-12)15-11-5-3-2-4-10(11)13(16)17/h2-8,15H,1H3,(H,16,17). The van der Waals surface area contributed by atoms with Crippen LogP contribution >= 0.6 is 0 Å². The van der Waals surface area contributed by atoms with Crippen LogP contribution in [0.4, 0.5) is 11.4 Å². The van der Waals surface area contributed by atoms with Crippen LogP contribution in [0.2, 0.25) is 0 Å². The summed E-state index contributed by atoms with van der Waals surface area (Å²) < 4.78 is 4.95. The van der Waals surface area contributed by atoms with Crippen LogP contribution in [-0.2, 0) is 0 Å². The van der Waals surface area contributed by atoms with Gasteiger partial charge >= 0.3 is 5.97 Å². The fourth-order valence-electron chi connectivity index (χ4n) is 1.51. The number of nitrogens with one attached hydrogen (secondary N) is 1. The minimum absolute atomic E-state index is 0.216. The van der Waals surface area contributed by atoms with Gasteiger partial charge in [0.1, 0.15) is 0 Å². The van der Waals surface area contributed by atoms with Crippen molar-refractivity contribution in [2.45, 2.75) is 0 Å². The van der Waals surface area contributed by atoms with Crippen LogP contribution in [-0.4, -0.2) is 23.2 Å². The number of hydrogen-bond acceptors (Lipinski definition) is 4. The molecule has 5 heteroatoms. The molecule has 1 aromatic carbocycles. The van der Waals surface area contributed by atoms with Crippen LogP contribution in [0.15, 0.2) is 42.6 Å². The van der Waals surface area contributed by atoms with Gasteiger partial charge < -0.3 is 15.2 Å². The first-order chi connectivity index (χ1) is 8.70. The van der Waals surface area contributed by atoms with E-state index >= 15 is 0 Å². The van der Waals surface area contributed by atoms with Gasteiger partial charge in [-0.1, -0.05) is 12.1 Å². The van der Waals surface area contributed by atoms with Crippen LogP contribution in [0.1, 0.15) is 10.4 Å². The maximum atomic E-state index is 11.0. The van der Waals surface area contributed by atoms with E-state index in [0.717, 1.165) is 0 Å². The van der Waals surface area contributed by atoms with Crippen LogP contribution in [0.3, 0.4) is 0 Å². The molecular weight excluding hydrogens is 232 g/mol. The smallest absolute Gasteiger partial charge is 0.337 e. The molecule has 0 spiro atoms. The van der Waals surface area contributed by atoms with Crippen molar-refractivity contribution in [3.8, 4) is 5.88 Å². The number of rotatable bonds is 4. The number of para-hydroxylation sites is 1. The number of ether oxygens (including phenoxy) is 1. The fraction of sp³-hybridized carbons (Fsp3) is 0.0769. The van der Waals surface area contributed by atoms with Gasteiger partial charge in [-0.3, -0.25) is 0 Å². The number of carboxylic acid groups (broad SMARTS) is 1. The molecule has 92 valence electrons. The molecule has 0 aliphatic rings. The quantitative estimate of drug-likeness (QED) is 0.864. The lowest BCUT2D eigenvalue weighted by Crippen LogP contribution is -2.02. The van der Waals surface area contributed by atoms with Crippen molar-refractivity contribution < 1.29 is 14.6 Å². The maximum absolute atomic E-state index is 11.0. The first kappa shape index (κ1) is 11.9. The Morgan fingerprint density at radius 1 is 1.28 bits per heavy atom. The molecule has 0 atom stereocenters. The van der Waals surface area contributed by atoms with Gasteiger partial charge in [-0.05, 0) is 18.2 Å². The van der Waals surface area contributed by atoms with Gasteiger partial charge in [0.25, 0.3) is 0 Å². The molecule has 0 aliphatic carbocycles. The third kappa shape index (κ3) is 2.57. The number of carboxylic acids is 1. The van der Waals surface area contributed by atoms with Gasteiger partial charge in [-0.15, -0.1) is 0 Å². The largest absolute Gasteiger partial charge is 0.481 e. The highest BCUT2D eigenvalue weighted by molar-refractivity contribution is 5.95. The van der Waals surface area contributed by atoms with E-state index in [1.54, 1.807) is 42.6 Å². The van der Waals surface area contributed by atoms with Crippen molar-refractivity contribution in [2.24, 2.45) is 0 Å². The van der Waals surface area contributed by atoms with Crippen LogP contribution in [0.5, 0.6) is 5.88 Å². The summed E-state index contributed by atoms with van der Waals surface area (Å²) in [5.41, 5.74) is 1.44. The van der Waals surface area contributed by atoms with Crippen molar-refractivity contribution in [2.75, 3.05) is 12.4 Å². The summed E-state index contributed by atoms with van der Waals surface area (Å²) in [7, 11) is 1.54. The molecule has 1 heterocycles. The molecule has 0 fully saturated rings. The predicted octanol–water partition coefficient (Wildman–Crippen LogP) is 2.53. The summed E-state index contributed by atoms with van der Waals surface area (Å²) in [6, 6.07) is 10.2. The molecule has 2 rings (SSSR count). The lowest BCUT2D eigenvalue weighted by Gasteiger charge is -2.09. The Bertz CT molecular complexity index is 552. The van der Waals surface area contributed by atoms with Crippen molar-refractivity contribution in [3.63, 3.8) is 0 Å². The Balaban J connectivity index is 2.25. The molecule has 0 unspecified atom stereocenters. The van der Waals surface area contributed by atoms with Crippen molar-refractivity contribution >= 4 is 17.3 Å². The van der Waals surface area contributed by atoms with E-state index < -0.39 is 5.97 Å². The highest BCUT2D eigenvalue weighted by Crippen LogP contribution is 2.21. The second-order valence-electron chi connectivity index (χ2n) is 3.56. The minimum Gasteiger partial charge on any atom is -0.481 e. The molecule has 0 aliphatic heterocycles.